The van der Waals surface area contributed by atoms with Crippen LogP contribution in [-0.2, 0) is 14.6 Å². The standard InChI is InChI=1S/C12H22N2O4S/c15-12(13-11-4-9-19(16,17)10-11)18-8-7-14-5-2-1-3-6-14/h11H,1-10H2,(H,13,15)/t11-/m0/s1. The Hall–Kier alpha value is -0.820. The number of amides is 1. The summed E-state index contributed by atoms with van der Waals surface area (Å²) in [6.07, 6.45) is 3.70. The molecule has 2 heterocycles. The summed E-state index contributed by atoms with van der Waals surface area (Å²) in [6, 6.07) is -0.285. The van der Waals surface area contributed by atoms with Gasteiger partial charge in [0.2, 0.25) is 0 Å². The van der Waals surface area contributed by atoms with Crippen molar-refractivity contribution in [2.75, 3.05) is 37.7 Å². The third kappa shape index (κ3) is 4.99. The van der Waals surface area contributed by atoms with Crippen LogP contribution in [0.25, 0.3) is 0 Å². The largest absolute Gasteiger partial charge is 0.448 e. The first-order valence-electron chi connectivity index (χ1n) is 6.91. The number of alkyl carbamates (subject to hydrolysis) is 1. The Morgan fingerprint density at radius 3 is 2.63 bits per heavy atom. The lowest BCUT2D eigenvalue weighted by Gasteiger charge is -2.26. The highest BCUT2D eigenvalue weighted by molar-refractivity contribution is 7.91. The highest BCUT2D eigenvalue weighted by Crippen LogP contribution is 2.11. The second-order valence-corrected chi connectivity index (χ2v) is 7.51. The molecule has 2 saturated heterocycles. The summed E-state index contributed by atoms with van der Waals surface area (Å²) in [5.41, 5.74) is 0. The number of piperidine rings is 1. The van der Waals surface area contributed by atoms with Gasteiger partial charge in [-0.25, -0.2) is 13.2 Å². The van der Waals surface area contributed by atoms with Crippen LogP contribution in [0.15, 0.2) is 0 Å². The molecule has 0 unspecified atom stereocenters. The van der Waals surface area contributed by atoms with Gasteiger partial charge in [0.05, 0.1) is 11.5 Å². The summed E-state index contributed by atoms with van der Waals surface area (Å²) in [5.74, 6) is 0.194. The first-order chi connectivity index (χ1) is 9.05. The van der Waals surface area contributed by atoms with Gasteiger partial charge in [-0.05, 0) is 32.4 Å². The fourth-order valence-electron chi connectivity index (χ4n) is 2.57. The number of nitrogens with one attached hydrogen (secondary N) is 1. The van der Waals surface area contributed by atoms with E-state index in [0.29, 0.717) is 13.0 Å². The number of sulfone groups is 1. The minimum Gasteiger partial charge on any atom is -0.448 e. The second-order valence-electron chi connectivity index (χ2n) is 5.28. The van der Waals surface area contributed by atoms with Gasteiger partial charge in [-0.2, -0.15) is 0 Å². The van der Waals surface area contributed by atoms with Crippen molar-refractivity contribution in [3.05, 3.63) is 0 Å². The Labute approximate surface area is 114 Å². The molecule has 1 N–H and O–H groups in total. The Balaban J connectivity index is 1.59. The van der Waals surface area contributed by atoms with Crippen molar-refractivity contribution in [1.29, 1.82) is 0 Å². The predicted molar refractivity (Wildman–Crippen MR) is 71.8 cm³/mol. The predicted octanol–water partition coefficient (Wildman–Crippen LogP) is 0.386. The third-order valence-corrected chi connectivity index (χ3v) is 5.41. The lowest BCUT2D eigenvalue weighted by atomic mass is 10.1. The fourth-order valence-corrected chi connectivity index (χ4v) is 4.24. The van der Waals surface area contributed by atoms with E-state index in [9.17, 15) is 13.2 Å². The van der Waals surface area contributed by atoms with E-state index in [1.807, 2.05) is 0 Å². The molecule has 2 fully saturated rings. The zero-order valence-corrected chi connectivity index (χ0v) is 12.0. The molecule has 110 valence electrons. The maximum atomic E-state index is 11.5. The van der Waals surface area contributed by atoms with E-state index in [2.05, 4.69) is 10.2 Å². The Morgan fingerprint density at radius 2 is 2.00 bits per heavy atom. The molecule has 0 aromatic rings. The maximum absolute atomic E-state index is 11.5. The number of hydrogen-bond acceptors (Lipinski definition) is 5. The highest BCUT2D eigenvalue weighted by atomic mass is 32.2. The molecule has 0 aromatic heterocycles. The number of rotatable bonds is 4. The summed E-state index contributed by atoms with van der Waals surface area (Å²) in [4.78, 5) is 13.8. The normalized spacial score (nSPS) is 27.1. The lowest BCUT2D eigenvalue weighted by molar-refractivity contribution is 0.118. The molecule has 0 saturated carbocycles. The van der Waals surface area contributed by atoms with Gasteiger partial charge in [0.1, 0.15) is 6.61 Å². The van der Waals surface area contributed by atoms with Gasteiger partial charge < -0.3 is 10.1 Å². The van der Waals surface area contributed by atoms with E-state index < -0.39 is 15.9 Å². The van der Waals surface area contributed by atoms with Gasteiger partial charge in [0.15, 0.2) is 9.84 Å². The first kappa shape index (κ1) is 14.6. The van der Waals surface area contributed by atoms with Crippen molar-refractivity contribution in [2.45, 2.75) is 31.7 Å². The minimum absolute atomic E-state index is 0.0359. The van der Waals surface area contributed by atoms with E-state index in [0.717, 1.165) is 19.6 Å². The van der Waals surface area contributed by atoms with Crippen molar-refractivity contribution < 1.29 is 17.9 Å². The fraction of sp³-hybridized carbons (Fsp3) is 0.917. The Bertz CT molecular complexity index is 404. The highest BCUT2D eigenvalue weighted by Gasteiger charge is 2.29. The van der Waals surface area contributed by atoms with Crippen molar-refractivity contribution >= 4 is 15.9 Å². The number of likely N-dealkylation sites (tertiary alicyclic amines) is 1. The van der Waals surface area contributed by atoms with E-state index in [1.54, 1.807) is 0 Å². The summed E-state index contributed by atoms with van der Waals surface area (Å²) in [7, 11) is -2.96. The Morgan fingerprint density at radius 1 is 1.26 bits per heavy atom. The number of ether oxygens (including phenoxy) is 1. The van der Waals surface area contributed by atoms with Gasteiger partial charge in [-0.15, -0.1) is 0 Å². The van der Waals surface area contributed by atoms with Crippen LogP contribution < -0.4 is 5.32 Å². The van der Waals surface area contributed by atoms with Crippen LogP contribution in [0.3, 0.4) is 0 Å². The van der Waals surface area contributed by atoms with Crippen LogP contribution in [0, 0.1) is 0 Å². The monoisotopic (exact) mass is 290 g/mol. The van der Waals surface area contributed by atoms with Crippen molar-refractivity contribution in [3.8, 4) is 0 Å². The molecular formula is C12H22N2O4S. The zero-order chi connectivity index (χ0) is 13.7. The van der Waals surface area contributed by atoms with Crippen LogP contribution in [0.4, 0.5) is 4.79 Å². The topological polar surface area (TPSA) is 75.7 Å². The second kappa shape index (κ2) is 6.56. The van der Waals surface area contributed by atoms with Crippen LogP contribution >= 0.6 is 0 Å². The molecule has 7 heteroatoms. The molecule has 1 atom stereocenters. The molecule has 0 spiro atoms. The summed E-state index contributed by atoms with van der Waals surface area (Å²) >= 11 is 0. The first-order valence-corrected chi connectivity index (χ1v) is 8.73. The van der Waals surface area contributed by atoms with Gasteiger partial charge in [0.25, 0.3) is 0 Å². The van der Waals surface area contributed by atoms with Crippen molar-refractivity contribution in [3.63, 3.8) is 0 Å². The van der Waals surface area contributed by atoms with Gasteiger partial charge in [-0.3, -0.25) is 4.90 Å². The molecule has 6 nitrogen and oxygen atoms in total. The maximum Gasteiger partial charge on any atom is 0.407 e. The number of carbonyl (C=O) groups is 1. The van der Waals surface area contributed by atoms with Gasteiger partial charge in [0, 0.05) is 12.6 Å². The molecule has 0 aliphatic carbocycles. The summed E-state index contributed by atoms with van der Waals surface area (Å²) in [6.45, 7) is 3.28. The SMILES string of the molecule is O=C(N[C@H]1CCS(=O)(=O)C1)OCCN1CCCCC1. The van der Waals surface area contributed by atoms with E-state index in [1.165, 1.54) is 19.3 Å². The van der Waals surface area contributed by atoms with Crippen LogP contribution in [-0.4, -0.2) is 63.2 Å². The molecule has 0 aromatic carbocycles. The lowest BCUT2D eigenvalue weighted by Crippen LogP contribution is -2.38. The molecule has 2 aliphatic rings. The quantitative estimate of drug-likeness (QED) is 0.810. The zero-order valence-electron chi connectivity index (χ0n) is 11.1. The molecule has 2 aliphatic heterocycles. The summed E-state index contributed by atoms with van der Waals surface area (Å²) < 4.78 is 27.6. The average molecular weight is 290 g/mol. The third-order valence-electron chi connectivity index (χ3n) is 3.64. The number of hydrogen-bond donors (Lipinski definition) is 1. The summed E-state index contributed by atoms with van der Waals surface area (Å²) in [5, 5.41) is 2.61. The van der Waals surface area contributed by atoms with Gasteiger partial charge in [-0.1, -0.05) is 6.42 Å². The van der Waals surface area contributed by atoms with Crippen molar-refractivity contribution in [2.24, 2.45) is 0 Å². The molecule has 0 radical (unpaired) electrons. The molecule has 1 amide bonds. The smallest absolute Gasteiger partial charge is 0.407 e. The number of nitrogens with zero attached hydrogens (tertiary/aromatic N) is 1. The number of carbonyl (C=O) groups excluding carboxylic acids is 1. The van der Waals surface area contributed by atoms with Gasteiger partial charge >= 0.3 is 6.09 Å². The average Bonchev–Trinajstić information content (AvgIpc) is 2.70. The van der Waals surface area contributed by atoms with E-state index in [4.69, 9.17) is 4.74 Å². The van der Waals surface area contributed by atoms with E-state index >= 15 is 0 Å². The van der Waals surface area contributed by atoms with Crippen LogP contribution in [0.1, 0.15) is 25.7 Å². The van der Waals surface area contributed by atoms with Crippen LogP contribution in [0.2, 0.25) is 0 Å². The van der Waals surface area contributed by atoms with Crippen LogP contribution in [0.5, 0.6) is 0 Å². The minimum atomic E-state index is -2.96. The Kier molecular flexibility index (Phi) is 5.04. The molecular weight excluding hydrogens is 268 g/mol. The van der Waals surface area contributed by atoms with Crippen molar-refractivity contribution in [1.82, 2.24) is 10.2 Å². The molecule has 2 rings (SSSR count). The molecule has 0 bridgehead atoms. The molecule has 19 heavy (non-hydrogen) atoms. The van der Waals surface area contributed by atoms with E-state index in [-0.39, 0.29) is 17.5 Å².